The molecule has 0 aliphatic heterocycles. The van der Waals surface area contributed by atoms with Crippen molar-refractivity contribution >= 4 is 0 Å². The van der Waals surface area contributed by atoms with Gasteiger partial charge in [-0.1, -0.05) is 6.07 Å². The first kappa shape index (κ1) is 12.8. The van der Waals surface area contributed by atoms with Gasteiger partial charge in [0.05, 0.1) is 0 Å². The van der Waals surface area contributed by atoms with Crippen LogP contribution < -0.4 is 5.32 Å². The molecule has 4 nitrogen and oxygen atoms in total. The molecule has 18 heavy (non-hydrogen) atoms. The predicted molar refractivity (Wildman–Crippen MR) is 72.7 cm³/mol. The average molecular weight is 244 g/mol. The summed E-state index contributed by atoms with van der Waals surface area (Å²) in [6.45, 7) is 9.25. The molecule has 0 aliphatic carbocycles. The minimum atomic E-state index is 0.0943. The molecule has 0 spiro atoms. The minimum Gasteiger partial charge on any atom is -0.308 e. The molecule has 2 aromatic rings. The summed E-state index contributed by atoms with van der Waals surface area (Å²) in [7, 11) is 0. The molecule has 96 valence electrons. The molecule has 0 fully saturated rings. The Bertz CT molecular complexity index is 523. The second-order valence-corrected chi connectivity index (χ2v) is 5.43. The Labute approximate surface area is 108 Å². The van der Waals surface area contributed by atoms with E-state index in [9.17, 15) is 0 Å². The van der Waals surface area contributed by atoms with Crippen LogP contribution in [0.1, 0.15) is 32.2 Å². The van der Waals surface area contributed by atoms with Crippen LogP contribution in [0.2, 0.25) is 0 Å². The maximum absolute atomic E-state index is 4.47. The molecule has 0 aliphatic rings. The monoisotopic (exact) mass is 244 g/mol. The van der Waals surface area contributed by atoms with Crippen LogP contribution in [0.25, 0.3) is 5.82 Å². The van der Waals surface area contributed by atoms with Crippen molar-refractivity contribution in [2.24, 2.45) is 0 Å². The summed E-state index contributed by atoms with van der Waals surface area (Å²) in [5.41, 5.74) is 1.27. The van der Waals surface area contributed by atoms with E-state index in [1.807, 2.05) is 30.0 Å². The highest BCUT2D eigenvalue weighted by Gasteiger charge is 2.12. The number of imidazole rings is 1. The minimum absolute atomic E-state index is 0.0943. The largest absolute Gasteiger partial charge is 0.308 e. The standard InChI is InChI=1S/C14H20N4/c1-11-15-8-9-18(11)13-12(6-5-7-16-13)10-17-14(2,3)4/h5-9,17H,10H2,1-4H3. The van der Waals surface area contributed by atoms with Crippen molar-refractivity contribution in [3.8, 4) is 5.82 Å². The van der Waals surface area contributed by atoms with Crippen molar-refractivity contribution < 1.29 is 0 Å². The summed E-state index contributed by atoms with van der Waals surface area (Å²) in [6, 6.07) is 4.07. The average Bonchev–Trinajstić information content (AvgIpc) is 2.72. The number of rotatable bonds is 3. The fourth-order valence-corrected chi connectivity index (χ4v) is 1.75. The molecule has 4 heteroatoms. The van der Waals surface area contributed by atoms with E-state index in [4.69, 9.17) is 0 Å². The Hall–Kier alpha value is -1.68. The summed E-state index contributed by atoms with van der Waals surface area (Å²) in [5.74, 6) is 1.90. The smallest absolute Gasteiger partial charge is 0.142 e. The number of aromatic nitrogens is 3. The lowest BCUT2D eigenvalue weighted by Crippen LogP contribution is -2.35. The van der Waals surface area contributed by atoms with Crippen LogP contribution in [-0.4, -0.2) is 20.1 Å². The molecule has 0 saturated heterocycles. The van der Waals surface area contributed by atoms with Crippen molar-refractivity contribution in [1.29, 1.82) is 0 Å². The molecule has 2 heterocycles. The van der Waals surface area contributed by atoms with Crippen LogP contribution in [-0.2, 0) is 6.54 Å². The van der Waals surface area contributed by atoms with Gasteiger partial charge in [-0.25, -0.2) is 9.97 Å². The molecule has 0 radical (unpaired) electrons. The molecule has 2 rings (SSSR count). The fraction of sp³-hybridized carbons (Fsp3) is 0.429. The zero-order chi connectivity index (χ0) is 13.2. The van der Waals surface area contributed by atoms with Crippen molar-refractivity contribution in [1.82, 2.24) is 19.9 Å². The zero-order valence-corrected chi connectivity index (χ0v) is 11.4. The molecule has 1 N–H and O–H groups in total. The van der Waals surface area contributed by atoms with Gasteiger partial charge in [0, 0.05) is 36.2 Å². The summed E-state index contributed by atoms with van der Waals surface area (Å²) in [6.07, 6.45) is 5.55. The lowest BCUT2D eigenvalue weighted by Gasteiger charge is -2.21. The van der Waals surface area contributed by atoms with E-state index < -0.39 is 0 Å². The predicted octanol–water partition coefficient (Wildman–Crippen LogP) is 2.46. The number of nitrogens with one attached hydrogen (secondary N) is 1. The van der Waals surface area contributed by atoms with Gasteiger partial charge in [0.2, 0.25) is 0 Å². The molecule has 0 unspecified atom stereocenters. The Morgan fingerprint density at radius 1 is 1.22 bits per heavy atom. The van der Waals surface area contributed by atoms with Crippen LogP contribution in [0, 0.1) is 6.92 Å². The number of nitrogens with zero attached hydrogens (tertiary/aromatic N) is 3. The molecule has 0 amide bonds. The number of pyridine rings is 1. The lowest BCUT2D eigenvalue weighted by molar-refractivity contribution is 0.423. The highest BCUT2D eigenvalue weighted by molar-refractivity contribution is 5.34. The number of hydrogen-bond acceptors (Lipinski definition) is 3. The second-order valence-electron chi connectivity index (χ2n) is 5.43. The van der Waals surface area contributed by atoms with E-state index in [-0.39, 0.29) is 5.54 Å². The van der Waals surface area contributed by atoms with E-state index in [1.54, 1.807) is 6.20 Å². The SMILES string of the molecule is Cc1nccn1-c1ncccc1CNC(C)(C)C. The van der Waals surface area contributed by atoms with Crippen LogP contribution in [0.4, 0.5) is 0 Å². The van der Waals surface area contributed by atoms with E-state index in [1.165, 1.54) is 5.56 Å². The first-order chi connectivity index (χ1) is 8.47. The fourth-order valence-electron chi connectivity index (χ4n) is 1.75. The van der Waals surface area contributed by atoms with Crippen molar-refractivity contribution in [3.63, 3.8) is 0 Å². The molecule has 0 atom stereocenters. The highest BCUT2D eigenvalue weighted by Crippen LogP contribution is 2.14. The molecule has 2 aromatic heterocycles. The number of aryl methyl sites for hydroxylation is 1. The Balaban J connectivity index is 2.29. The Morgan fingerprint density at radius 2 is 2.00 bits per heavy atom. The molecule has 0 bridgehead atoms. The van der Waals surface area contributed by atoms with Gasteiger partial charge in [-0.15, -0.1) is 0 Å². The first-order valence-electron chi connectivity index (χ1n) is 6.16. The number of hydrogen-bond donors (Lipinski definition) is 1. The van der Waals surface area contributed by atoms with Gasteiger partial charge >= 0.3 is 0 Å². The molecular formula is C14H20N4. The van der Waals surface area contributed by atoms with Gasteiger partial charge < -0.3 is 5.32 Å². The molecular weight excluding hydrogens is 224 g/mol. The topological polar surface area (TPSA) is 42.7 Å². The van der Waals surface area contributed by atoms with Crippen LogP contribution in [0.3, 0.4) is 0 Å². The molecule has 0 saturated carbocycles. The van der Waals surface area contributed by atoms with Crippen molar-refractivity contribution in [2.45, 2.75) is 39.8 Å². The summed E-state index contributed by atoms with van der Waals surface area (Å²) in [5, 5.41) is 3.49. The van der Waals surface area contributed by atoms with Gasteiger partial charge in [0.25, 0.3) is 0 Å². The molecule has 0 aromatic carbocycles. The Kier molecular flexibility index (Phi) is 3.48. The third kappa shape index (κ3) is 2.96. The Morgan fingerprint density at radius 3 is 2.61 bits per heavy atom. The quantitative estimate of drug-likeness (QED) is 0.902. The maximum Gasteiger partial charge on any atom is 0.142 e. The van der Waals surface area contributed by atoms with Crippen molar-refractivity contribution in [2.75, 3.05) is 0 Å². The van der Waals surface area contributed by atoms with Crippen molar-refractivity contribution in [3.05, 3.63) is 42.1 Å². The summed E-state index contributed by atoms with van der Waals surface area (Å²) in [4.78, 5) is 8.71. The third-order valence-electron chi connectivity index (χ3n) is 2.73. The maximum atomic E-state index is 4.47. The second kappa shape index (κ2) is 4.90. The van der Waals surface area contributed by atoms with Crippen LogP contribution >= 0.6 is 0 Å². The van der Waals surface area contributed by atoms with E-state index in [2.05, 4.69) is 42.1 Å². The van der Waals surface area contributed by atoms with E-state index in [0.29, 0.717) is 0 Å². The first-order valence-corrected chi connectivity index (χ1v) is 6.16. The lowest BCUT2D eigenvalue weighted by atomic mass is 10.1. The van der Waals surface area contributed by atoms with Crippen LogP contribution in [0.15, 0.2) is 30.7 Å². The van der Waals surface area contributed by atoms with Gasteiger partial charge in [-0.3, -0.25) is 4.57 Å². The van der Waals surface area contributed by atoms with Gasteiger partial charge in [0.15, 0.2) is 0 Å². The van der Waals surface area contributed by atoms with Crippen LogP contribution in [0.5, 0.6) is 0 Å². The summed E-state index contributed by atoms with van der Waals surface area (Å²) >= 11 is 0. The van der Waals surface area contributed by atoms with Gasteiger partial charge in [-0.05, 0) is 33.8 Å². The normalized spacial score (nSPS) is 11.8. The van der Waals surface area contributed by atoms with E-state index in [0.717, 1.165) is 18.2 Å². The van der Waals surface area contributed by atoms with E-state index >= 15 is 0 Å². The van der Waals surface area contributed by atoms with Gasteiger partial charge in [-0.2, -0.15) is 0 Å². The highest BCUT2D eigenvalue weighted by atomic mass is 15.1. The third-order valence-corrected chi connectivity index (χ3v) is 2.73. The summed E-state index contributed by atoms with van der Waals surface area (Å²) < 4.78 is 2.01. The zero-order valence-electron chi connectivity index (χ0n) is 11.4. The van der Waals surface area contributed by atoms with Gasteiger partial charge in [0.1, 0.15) is 11.6 Å².